The van der Waals surface area contributed by atoms with Crippen molar-refractivity contribution in [2.24, 2.45) is 5.92 Å². The van der Waals surface area contributed by atoms with Crippen LogP contribution in [0.1, 0.15) is 24.2 Å². The first-order valence-corrected chi connectivity index (χ1v) is 10.6. The molecule has 2 aromatic rings. The Hall–Kier alpha value is -2.37. The molecule has 27 heavy (non-hydrogen) atoms. The van der Waals surface area contributed by atoms with E-state index in [2.05, 4.69) is 26.7 Å². The number of nitrogens with one attached hydrogen (secondary N) is 1. The number of halogens is 1. The summed E-state index contributed by atoms with van der Waals surface area (Å²) in [4.78, 5) is 14.2. The van der Waals surface area contributed by atoms with Crippen LogP contribution in [0.25, 0.3) is 0 Å². The smallest absolute Gasteiger partial charge is 0.261 e. The summed E-state index contributed by atoms with van der Waals surface area (Å²) in [6.07, 6.45) is 0. The average Bonchev–Trinajstić information content (AvgIpc) is 2.67. The van der Waals surface area contributed by atoms with Gasteiger partial charge >= 0.3 is 0 Å². The van der Waals surface area contributed by atoms with E-state index in [0.29, 0.717) is 18.8 Å². The van der Waals surface area contributed by atoms with Crippen molar-refractivity contribution in [3.63, 3.8) is 0 Å². The van der Waals surface area contributed by atoms with Gasteiger partial charge in [-0.15, -0.1) is 0 Å². The molecule has 0 aliphatic carbocycles. The van der Waals surface area contributed by atoms with Crippen LogP contribution in [0, 0.1) is 17.2 Å². The number of hydrogen-bond acceptors (Lipinski definition) is 4. The third kappa shape index (κ3) is 5.55. The van der Waals surface area contributed by atoms with Crippen LogP contribution in [0.15, 0.2) is 57.9 Å². The quantitative estimate of drug-likeness (QED) is 0.694. The van der Waals surface area contributed by atoms with Crippen molar-refractivity contribution in [3.8, 4) is 6.07 Å². The number of nitriles is 1. The Morgan fingerprint density at radius 2 is 1.93 bits per heavy atom. The van der Waals surface area contributed by atoms with Crippen LogP contribution in [0.2, 0.25) is 0 Å². The van der Waals surface area contributed by atoms with Gasteiger partial charge in [-0.3, -0.25) is 9.52 Å². The predicted octanol–water partition coefficient (Wildman–Crippen LogP) is 3.87. The number of anilines is 1. The van der Waals surface area contributed by atoms with Crippen LogP contribution >= 0.6 is 15.9 Å². The van der Waals surface area contributed by atoms with Crippen LogP contribution in [0.3, 0.4) is 0 Å². The first-order chi connectivity index (χ1) is 12.8. The molecule has 6 nitrogen and oxygen atoms in total. The summed E-state index contributed by atoms with van der Waals surface area (Å²) in [5.74, 6) is -0.611. The normalized spacial score (nSPS) is 12.1. The summed E-state index contributed by atoms with van der Waals surface area (Å²) < 4.78 is 28.6. The van der Waals surface area contributed by atoms with Crippen molar-refractivity contribution in [1.29, 1.82) is 5.26 Å². The van der Waals surface area contributed by atoms with Gasteiger partial charge in [0.25, 0.3) is 15.9 Å². The van der Waals surface area contributed by atoms with E-state index in [4.69, 9.17) is 5.26 Å². The Bertz CT molecular complexity index is 953. The van der Waals surface area contributed by atoms with Crippen molar-refractivity contribution < 1.29 is 13.2 Å². The maximum absolute atomic E-state index is 12.7. The van der Waals surface area contributed by atoms with Gasteiger partial charge < -0.3 is 4.90 Å². The zero-order valence-corrected chi connectivity index (χ0v) is 17.4. The molecule has 0 saturated heterocycles. The van der Waals surface area contributed by atoms with E-state index in [1.807, 2.05) is 6.92 Å². The summed E-state index contributed by atoms with van der Waals surface area (Å²) in [7, 11) is -3.83. The van der Waals surface area contributed by atoms with E-state index >= 15 is 0 Å². The van der Waals surface area contributed by atoms with Gasteiger partial charge in [-0.1, -0.05) is 22.0 Å². The Morgan fingerprint density at radius 1 is 1.26 bits per heavy atom. The molecule has 0 aliphatic rings. The van der Waals surface area contributed by atoms with Crippen LogP contribution in [0.5, 0.6) is 0 Å². The molecule has 142 valence electrons. The minimum absolute atomic E-state index is 0.000605. The van der Waals surface area contributed by atoms with Crippen LogP contribution < -0.4 is 4.72 Å². The second-order valence-corrected chi connectivity index (χ2v) is 8.61. The summed E-state index contributed by atoms with van der Waals surface area (Å²) >= 11 is 3.30. The van der Waals surface area contributed by atoms with E-state index in [1.54, 1.807) is 37.3 Å². The molecule has 0 saturated carbocycles. The largest absolute Gasteiger partial charge is 0.338 e. The van der Waals surface area contributed by atoms with Crippen molar-refractivity contribution in [2.75, 3.05) is 17.8 Å². The molecule has 1 amide bonds. The van der Waals surface area contributed by atoms with E-state index in [1.165, 1.54) is 23.1 Å². The highest BCUT2D eigenvalue weighted by atomic mass is 79.9. The molecule has 8 heteroatoms. The van der Waals surface area contributed by atoms with Crippen molar-refractivity contribution in [2.45, 2.75) is 18.7 Å². The Morgan fingerprint density at radius 3 is 2.52 bits per heavy atom. The zero-order valence-electron chi connectivity index (χ0n) is 15.0. The van der Waals surface area contributed by atoms with Crippen LogP contribution in [-0.4, -0.2) is 32.3 Å². The molecular weight excluding hydrogens is 430 g/mol. The minimum atomic E-state index is -3.83. The summed E-state index contributed by atoms with van der Waals surface area (Å²) in [6.45, 7) is 4.27. The van der Waals surface area contributed by atoms with Crippen LogP contribution in [0.4, 0.5) is 5.69 Å². The molecule has 0 aromatic heterocycles. The minimum Gasteiger partial charge on any atom is -0.338 e. The maximum atomic E-state index is 12.7. The van der Waals surface area contributed by atoms with E-state index in [-0.39, 0.29) is 22.3 Å². The van der Waals surface area contributed by atoms with Crippen molar-refractivity contribution in [3.05, 3.63) is 58.6 Å². The molecule has 0 heterocycles. The lowest BCUT2D eigenvalue weighted by Crippen LogP contribution is -2.34. The monoisotopic (exact) mass is 449 g/mol. The standard InChI is InChI=1S/C19H20BrN3O3S/c1-3-23(13-14(2)12-21)19(24)15-5-4-6-18(11-15)27(25,26)22-17-9-7-16(20)8-10-17/h4-11,14,22H,3,13H2,1-2H3. The topological polar surface area (TPSA) is 90.3 Å². The molecule has 0 bridgehead atoms. The summed E-state index contributed by atoms with van der Waals surface area (Å²) in [5.41, 5.74) is 0.689. The number of nitrogens with zero attached hydrogens (tertiary/aromatic N) is 2. The fourth-order valence-electron chi connectivity index (χ4n) is 2.44. The highest BCUT2D eigenvalue weighted by molar-refractivity contribution is 9.10. The van der Waals surface area contributed by atoms with E-state index in [9.17, 15) is 13.2 Å². The number of carbonyl (C=O) groups excluding carboxylic acids is 1. The Kier molecular flexibility index (Phi) is 6.99. The van der Waals surface area contributed by atoms with Crippen molar-refractivity contribution >= 4 is 37.5 Å². The van der Waals surface area contributed by atoms with Crippen molar-refractivity contribution in [1.82, 2.24) is 4.90 Å². The summed E-state index contributed by atoms with van der Waals surface area (Å²) in [6, 6.07) is 14.7. The molecule has 1 atom stereocenters. The lowest BCUT2D eigenvalue weighted by atomic mass is 10.1. The molecule has 0 fully saturated rings. The molecule has 2 aromatic carbocycles. The second-order valence-electron chi connectivity index (χ2n) is 6.01. The number of amides is 1. The van der Waals surface area contributed by atoms with Gasteiger partial charge in [0.05, 0.1) is 16.9 Å². The highest BCUT2D eigenvalue weighted by Gasteiger charge is 2.20. The first kappa shape index (κ1) is 20.9. The zero-order chi connectivity index (χ0) is 20.0. The summed E-state index contributed by atoms with van der Waals surface area (Å²) in [5, 5.41) is 8.96. The molecule has 0 aliphatic heterocycles. The van der Waals surface area contributed by atoms with Crippen LogP contribution in [-0.2, 0) is 10.0 Å². The maximum Gasteiger partial charge on any atom is 0.261 e. The number of rotatable bonds is 7. The second kappa shape index (κ2) is 9.02. The van der Waals surface area contributed by atoms with Gasteiger partial charge in [-0.05, 0) is 56.3 Å². The van der Waals surface area contributed by atoms with Gasteiger partial charge in [0.2, 0.25) is 0 Å². The van der Waals surface area contributed by atoms with Gasteiger partial charge in [0, 0.05) is 28.8 Å². The highest BCUT2D eigenvalue weighted by Crippen LogP contribution is 2.20. The fourth-order valence-corrected chi connectivity index (χ4v) is 3.81. The predicted molar refractivity (Wildman–Crippen MR) is 108 cm³/mol. The lowest BCUT2D eigenvalue weighted by Gasteiger charge is -2.22. The fraction of sp³-hybridized carbons (Fsp3) is 0.263. The van der Waals surface area contributed by atoms with Gasteiger partial charge in [-0.25, -0.2) is 8.42 Å². The first-order valence-electron chi connectivity index (χ1n) is 8.34. The number of sulfonamides is 1. The molecule has 0 radical (unpaired) electrons. The molecule has 2 rings (SSSR count). The number of carbonyl (C=O) groups is 1. The average molecular weight is 450 g/mol. The molecule has 1 unspecified atom stereocenters. The Balaban J connectivity index is 2.26. The molecule has 1 N–H and O–H groups in total. The molecule has 0 spiro atoms. The lowest BCUT2D eigenvalue weighted by molar-refractivity contribution is 0.0752. The van der Waals surface area contributed by atoms with Gasteiger partial charge in [0.15, 0.2) is 0 Å². The van der Waals surface area contributed by atoms with Gasteiger partial charge in [0.1, 0.15) is 0 Å². The van der Waals surface area contributed by atoms with E-state index < -0.39 is 10.0 Å². The molecular formula is C19H20BrN3O3S. The van der Waals surface area contributed by atoms with E-state index in [0.717, 1.165) is 4.47 Å². The number of hydrogen-bond donors (Lipinski definition) is 1. The number of benzene rings is 2. The third-order valence-corrected chi connectivity index (χ3v) is 5.78. The Labute approximate surface area is 168 Å². The SMILES string of the molecule is CCN(CC(C)C#N)C(=O)c1cccc(S(=O)(=O)Nc2ccc(Br)cc2)c1. The van der Waals surface area contributed by atoms with Gasteiger partial charge in [-0.2, -0.15) is 5.26 Å². The third-order valence-electron chi connectivity index (χ3n) is 3.87.